The minimum atomic E-state index is -0.287. The number of aryl methyl sites for hydroxylation is 2. The molecule has 0 aliphatic rings. The van der Waals surface area contributed by atoms with Crippen LogP contribution in [0.5, 0.6) is 0 Å². The third-order valence-corrected chi connectivity index (χ3v) is 3.03. The van der Waals surface area contributed by atoms with Crippen molar-refractivity contribution in [2.24, 2.45) is 0 Å². The fourth-order valence-corrected chi connectivity index (χ4v) is 1.85. The van der Waals surface area contributed by atoms with E-state index in [1.54, 1.807) is 18.2 Å². The fourth-order valence-electron chi connectivity index (χ4n) is 1.85. The highest BCUT2D eigenvalue weighted by atomic mass is 16.3. The monoisotopic (exact) mass is 283 g/mol. The van der Waals surface area contributed by atoms with Crippen molar-refractivity contribution in [1.29, 1.82) is 0 Å². The lowest BCUT2D eigenvalue weighted by Gasteiger charge is -2.07. The number of carbonyl (C=O) groups is 1. The average Bonchev–Trinajstić information content (AvgIpc) is 2.97. The summed E-state index contributed by atoms with van der Waals surface area (Å²) in [5, 5.41) is 11.5. The second-order valence-electron chi connectivity index (χ2n) is 4.56. The highest BCUT2D eigenvalue weighted by molar-refractivity contribution is 6.02. The molecule has 1 aromatic heterocycles. The van der Waals surface area contributed by atoms with Crippen molar-refractivity contribution in [3.63, 3.8) is 0 Å². The van der Waals surface area contributed by atoms with Crippen LogP contribution in [0.3, 0.4) is 0 Å². The summed E-state index contributed by atoms with van der Waals surface area (Å²) in [6, 6.07) is 8.95. The highest BCUT2D eigenvalue weighted by Crippen LogP contribution is 2.18. The van der Waals surface area contributed by atoms with Crippen LogP contribution in [0.15, 0.2) is 34.7 Å². The lowest BCUT2D eigenvalue weighted by Crippen LogP contribution is -2.12. The van der Waals surface area contributed by atoms with Gasteiger partial charge in [0.15, 0.2) is 5.76 Å². The van der Waals surface area contributed by atoms with Crippen LogP contribution in [0.4, 0.5) is 5.69 Å². The molecule has 0 saturated carbocycles. The number of hydrogen-bond donors (Lipinski definition) is 2. The maximum absolute atomic E-state index is 12.1. The maximum Gasteiger partial charge on any atom is 0.291 e. The van der Waals surface area contributed by atoms with Crippen LogP contribution in [-0.2, 0) is 6.42 Å². The number of nitrogens with one attached hydrogen (secondary N) is 1. The van der Waals surface area contributed by atoms with E-state index in [1.807, 2.05) is 26.0 Å². The number of aliphatic hydroxyl groups is 1. The molecule has 108 valence electrons. The molecule has 2 rings (SSSR count). The van der Waals surface area contributed by atoms with E-state index in [4.69, 9.17) is 9.52 Å². The van der Waals surface area contributed by atoms with Crippen molar-refractivity contribution in [3.8, 4) is 11.8 Å². The second-order valence-corrected chi connectivity index (χ2v) is 4.56. The summed E-state index contributed by atoms with van der Waals surface area (Å²) in [6.07, 6.45) is 0.749. The predicted octanol–water partition coefficient (Wildman–Crippen LogP) is 2.75. The molecule has 0 unspecified atom stereocenters. The van der Waals surface area contributed by atoms with E-state index in [9.17, 15) is 4.79 Å². The van der Waals surface area contributed by atoms with Crippen molar-refractivity contribution in [3.05, 3.63) is 53.0 Å². The van der Waals surface area contributed by atoms with E-state index in [1.165, 1.54) is 0 Å². The molecule has 0 fully saturated rings. The van der Waals surface area contributed by atoms with Gasteiger partial charge in [-0.05, 0) is 36.8 Å². The molecule has 1 heterocycles. The molecule has 4 heteroatoms. The molecule has 1 amide bonds. The Balaban J connectivity index is 2.20. The Labute approximate surface area is 123 Å². The van der Waals surface area contributed by atoms with Gasteiger partial charge in [0.1, 0.15) is 12.4 Å². The molecule has 0 spiro atoms. The van der Waals surface area contributed by atoms with Gasteiger partial charge in [-0.2, -0.15) is 0 Å². The highest BCUT2D eigenvalue weighted by Gasteiger charge is 2.12. The quantitative estimate of drug-likeness (QED) is 0.851. The first-order chi connectivity index (χ1) is 10.1. The van der Waals surface area contributed by atoms with E-state index in [0.717, 1.165) is 23.3 Å². The first-order valence-electron chi connectivity index (χ1n) is 6.74. The molecule has 2 N–H and O–H groups in total. The van der Waals surface area contributed by atoms with Crippen LogP contribution >= 0.6 is 0 Å². The second kappa shape index (κ2) is 6.78. The number of rotatable bonds is 3. The summed E-state index contributed by atoms with van der Waals surface area (Å²) in [7, 11) is 0. The van der Waals surface area contributed by atoms with Crippen molar-refractivity contribution in [2.45, 2.75) is 20.3 Å². The number of aliphatic hydroxyl groups excluding tert-OH is 1. The van der Waals surface area contributed by atoms with Crippen LogP contribution in [0.25, 0.3) is 0 Å². The van der Waals surface area contributed by atoms with Crippen LogP contribution in [0.1, 0.15) is 34.4 Å². The lowest BCUT2D eigenvalue weighted by atomic mass is 10.1. The number of anilines is 1. The van der Waals surface area contributed by atoms with Gasteiger partial charge in [0.25, 0.3) is 5.91 Å². The van der Waals surface area contributed by atoms with E-state index in [0.29, 0.717) is 5.69 Å². The SMILES string of the molecule is CCc1ccc(C(=O)Nc2cc(C#CCO)ccc2C)o1. The topological polar surface area (TPSA) is 62.5 Å². The van der Waals surface area contributed by atoms with E-state index >= 15 is 0 Å². The molecule has 4 nitrogen and oxygen atoms in total. The van der Waals surface area contributed by atoms with E-state index in [-0.39, 0.29) is 18.3 Å². The number of furan rings is 1. The van der Waals surface area contributed by atoms with Gasteiger partial charge in [-0.1, -0.05) is 24.8 Å². The van der Waals surface area contributed by atoms with Crippen LogP contribution in [-0.4, -0.2) is 17.6 Å². The van der Waals surface area contributed by atoms with Gasteiger partial charge in [0.05, 0.1) is 0 Å². The zero-order valence-electron chi connectivity index (χ0n) is 12.1. The Morgan fingerprint density at radius 2 is 2.14 bits per heavy atom. The standard InChI is InChI=1S/C17H17NO3/c1-3-14-8-9-16(21-14)17(20)18-15-11-13(5-4-10-19)7-6-12(15)2/h6-9,11,19H,3,10H2,1-2H3,(H,18,20). The lowest BCUT2D eigenvalue weighted by molar-refractivity contribution is 0.0995. The number of hydrogen-bond acceptors (Lipinski definition) is 3. The Bertz CT molecular complexity index is 704. The van der Waals surface area contributed by atoms with Crippen molar-refractivity contribution in [1.82, 2.24) is 0 Å². The molecule has 0 saturated heterocycles. The Kier molecular flexibility index (Phi) is 4.81. The average molecular weight is 283 g/mol. The number of benzene rings is 1. The first-order valence-corrected chi connectivity index (χ1v) is 6.74. The normalized spacial score (nSPS) is 9.86. The molecule has 21 heavy (non-hydrogen) atoms. The van der Waals surface area contributed by atoms with E-state index in [2.05, 4.69) is 17.2 Å². The summed E-state index contributed by atoms with van der Waals surface area (Å²) in [5.74, 6) is 6.18. The molecule has 0 atom stereocenters. The van der Waals surface area contributed by atoms with Crippen molar-refractivity contribution < 1.29 is 14.3 Å². The summed E-state index contributed by atoms with van der Waals surface area (Å²) in [5.41, 5.74) is 2.35. The molecule has 0 radical (unpaired) electrons. The number of amides is 1. The maximum atomic E-state index is 12.1. The van der Waals surface area contributed by atoms with Crippen LogP contribution in [0, 0.1) is 18.8 Å². The Hall–Kier alpha value is -2.51. The van der Waals surface area contributed by atoms with Gasteiger partial charge >= 0.3 is 0 Å². The molecule has 0 aliphatic carbocycles. The van der Waals surface area contributed by atoms with Gasteiger partial charge in [-0.25, -0.2) is 0 Å². The smallest absolute Gasteiger partial charge is 0.291 e. The van der Waals surface area contributed by atoms with Crippen molar-refractivity contribution in [2.75, 3.05) is 11.9 Å². The Morgan fingerprint density at radius 3 is 2.81 bits per heavy atom. The molecule has 2 aromatic rings. The van der Waals surface area contributed by atoms with E-state index < -0.39 is 0 Å². The van der Waals surface area contributed by atoms with Gasteiger partial charge in [-0.3, -0.25) is 4.79 Å². The Morgan fingerprint density at radius 1 is 1.33 bits per heavy atom. The largest absolute Gasteiger partial charge is 0.456 e. The summed E-state index contributed by atoms with van der Waals surface area (Å²) >= 11 is 0. The zero-order chi connectivity index (χ0) is 15.2. The third kappa shape index (κ3) is 3.74. The van der Waals surface area contributed by atoms with Crippen molar-refractivity contribution >= 4 is 11.6 Å². The van der Waals surface area contributed by atoms with Gasteiger partial charge in [0.2, 0.25) is 0 Å². The van der Waals surface area contributed by atoms with Gasteiger partial charge < -0.3 is 14.8 Å². The zero-order valence-corrected chi connectivity index (χ0v) is 12.1. The minimum absolute atomic E-state index is 0.193. The fraction of sp³-hybridized carbons (Fsp3) is 0.235. The molecule has 0 bridgehead atoms. The van der Waals surface area contributed by atoms with Gasteiger partial charge in [-0.15, -0.1) is 0 Å². The summed E-state index contributed by atoms with van der Waals surface area (Å²) in [6.45, 7) is 3.67. The van der Waals surface area contributed by atoms with Crippen LogP contribution < -0.4 is 5.32 Å². The third-order valence-electron chi connectivity index (χ3n) is 3.03. The predicted molar refractivity (Wildman–Crippen MR) is 81.2 cm³/mol. The first kappa shape index (κ1) is 14.9. The van der Waals surface area contributed by atoms with Gasteiger partial charge in [0, 0.05) is 17.7 Å². The molecular formula is C17H17NO3. The summed E-state index contributed by atoms with van der Waals surface area (Å²) in [4.78, 5) is 12.1. The summed E-state index contributed by atoms with van der Waals surface area (Å²) < 4.78 is 5.43. The van der Waals surface area contributed by atoms with Crippen LogP contribution in [0.2, 0.25) is 0 Å². The number of carbonyl (C=O) groups excluding carboxylic acids is 1. The molecule has 1 aromatic carbocycles. The molecular weight excluding hydrogens is 266 g/mol. The molecule has 0 aliphatic heterocycles. The minimum Gasteiger partial charge on any atom is -0.456 e.